The molecule has 0 aromatic carbocycles. The number of carbonyl (C=O) groups excluding carboxylic acids is 1. The van der Waals surface area contributed by atoms with Crippen LogP contribution in [0.15, 0.2) is 16.8 Å². The van der Waals surface area contributed by atoms with Crippen LogP contribution in [-0.4, -0.2) is 22.7 Å². The van der Waals surface area contributed by atoms with E-state index in [0.717, 1.165) is 32.1 Å². The number of allylic oxidation sites excluding steroid dienone is 1. The molecule has 1 N–H and O–H groups in total. The molecule has 3 fully saturated rings. The van der Waals surface area contributed by atoms with Crippen molar-refractivity contribution in [1.29, 1.82) is 0 Å². The van der Waals surface area contributed by atoms with Crippen LogP contribution in [0.2, 0.25) is 0 Å². The molecule has 0 aromatic rings. The Hall–Kier alpha value is -1.16. The normalized spacial score (nSPS) is 51.0. The van der Waals surface area contributed by atoms with Gasteiger partial charge in [0.15, 0.2) is 0 Å². The lowest BCUT2D eigenvalue weighted by Crippen LogP contribution is -2.53. The SMILES string of the molecule is C[C@]12CC[C@H](O)CC1=C/C(=N\[O])C1C2CC[C@]2(C)C(=O)CCC12. The molecule has 0 saturated heterocycles. The zero-order chi connectivity index (χ0) is 16.4. The zero-order valence-electron chi connectivity index (χ0n) is 14.0. The fourth-order valence-corrected chi connectivity index (χ4v) is 6.27. The van der Waals surface area contributed by atoms with Crippen molar-refractivity contribution in [1.82, 2.24) is 0 Å². The summed E-state index contributed by atoms with van der Waals surface area (Å²) < 4.78 is 0. The molecule has 0 aliphatic heterocycles. The highest BCUT2D eigenvalue weighted by Gasteiger charge is 2.60. The summed E-state index contributed by atoms with van der Waals surface area (Å²) in [6, 6.07) is 0. The van der Waals surface area contributed by atoms with Gasteiger partial charge in [-0.15, -0.1) is 5.21 Å². The number of aliphatic hydroxyl groups is 1. The molecule has 0 amide bonds. The molecule has 6 atom stereocenters. The summed E-state index contributed by atoms with van der Waals surface area (Å²) in [5.41, 5.74) is 1.65. The molecule has 3 saturated carbocycles. The van der Waals surface area contributed by atoms with Crippen molar-refractivity contribution in [2.75, 3.05) is 0 Å². The summed E-state index contributed by atoms with van der Waals surface area (Å²) in [7, 11) is 0. The maximum atomic E-state index is 12.4. The molecule has 0 spiro atoms. The van der Waals surface area contributed by atoms with Crippen LogP contribution in [-0.2, 0) is 10.0 Å². The van der Waals surface area contributed by atoms with Gasteiger partial charge in [-0.1, -0.05) is 19.4 Å². The zero-order valence-corrected chi connectivity index (χ0v) is 14.0. The molecule has 4 aliphatic carbocycles. The molecule has 4 heteroatoms. The fraction of sp³-hybridized carbons (Fsp3) is 0.789. The lowest BCUT2D eigenvalue weighted by Gasteiger charge is -2.56. The van der Waals surface area contributed by atoms with E-state index in [0.29, 0.717) is 30.3 Å². The molecule has 0 aromatic heterocycles. The van der Waals surface area contributed by atoms with Gasteiger partial charge >= 0.3 is 0 Å². The second kappa shape index (κ2) is 4.92. The Morgan fingerprint density at radius 1 is 1.13 bits per heavy atom. The third-order valence-electron chi connectivity index (χ3n) is 7.75. The number of ketones is 1. The molecule has 4 rings (SSSR count). The van der Waals surface area contributed by atoms with Gasteiger partial charge in [-0.2, -0.15) is 0 Å². The van der Waals surface area contributed by atoms with Crippen molar-refractivity contribution in [2.24, 2.45) is 33.7 Å². The second-order valence-electron chi connectivity index (χ2n) is 8.66. The van der Waals surface area contributed by atoms with Crippen LogP contribution in [0.5, 0.6) is 0 Å². The van der Waals surface area contributed by atoms with E-state index in [4.69, 9.17) is 0 Å². The summed E-state index contributed by atoms with van der Waals surface area (Å²) in [6.07, 6.45) is 7.65. The summed E-state index contributed by atoms with van der Waals surface area (Å²) in [5, 5.41) is 25.0. The third-order valence-corrected chi connectivity index (χ3v) is 7.75. The molecule has 23 heavy (non-hydrogen) atoms. The van der Waals surface area contributed by atoms with E-state index in [1.54, 1.807) is 0 Å². The topological polar surface area (TPSA) is 69.6 Å². The van der Waals surface area contributed by atoms with Crippen molar-refractivity contribution < 1.29 is 15.1 Å². The molecular formula is C19H26NO3. The van der Waals surface area contributed by atoms with Crippen LogP contribution in [0.4, 0.5) is 0 Å². The van der Waals surface area contributed by atoms with Crippen molar-refractivity contribution in [2.45, 2.75) is 64.9 Å². The summed E-state index contributed by atoms with van der Waals surface area (Å²) in [4.78, 5) is 12.4. The first-order valence-corrected chi connectivity index (χ1v) is 9.03. The van der Waals surface area contributed by atoms with E-state index in [-0.39, 0.29) is 28.8 Å². The van der Waals surface area contributed by atoms with E-state index in [2.05, 4.69) is 19.0 Å². The van der Waals surface area contributed by atoms with Gasteiger partial charge in [-0.3, -0.25) is 4.79 Å². The quantitative estimate of drug-likeness (QED) is 0.697. The Morgan fingerprint density at radius 2 is 1.83 bits per heavy atom. The van der Waals surface area contributed by atoms with Gasteiger partial charge in [0, 0.05) is 17.8 Å². The van der Waals surface area contributed by atoms with Crippen LogP contribution in [0, 0.1) is 28.6 Å². The van der Waals surface area contributed by atoms with E-state index in [9.17, 15) is 15.1 Å². The highest BCUT2D eigenvalue weighted by molar-refractivity contribution is 6.00. The first-order valence-electron chi connectivity index (χ1n) is 9.03. The number of Topliss-reactive ketones (excluding diaryl/α,β-unsaturated/α-hetero) is 1. The van der Waals surface area contributed by atoms with Gasteiger partial charge in [-0.05, 0) is 67.0 Å². The smallest absolute Gasteiger partial charge is 0.139 e. The van der Waals surface area contributed by atoms with Gasteiger partial charge in [0.2, 0.25) is 0 Å². The van der Waals surface area contributed by atoms with Crippen molar-refractivity contribution in [3.8, 4) is 0 Å². The minimum atomic E-state index is -0.291. The summed E-state index contributed by atoms with van der Waals surface area (Å²) >= 11 is 0. The Balaban J connectivity index is 1.80. The van der Waals surface area contributed by atoms with Crippen LogP contribution in [0.3, 0.4) is 0 Å². The maximum absolute atomic E-state index is 12.4. The molecule has 3 unspecified atom stereocenters. The Bertz CT molecular complexity index is 610. The van der Waals surface area contributed by atoms with Crippen LogP contribution < -0.4 is 0 Å². The average molecular weight is 316 g/mol. The number of fused-ring (bicyclic) bond motifs is 5. The minimum Gasteiger partial charge on any atom is -0.393 e. The number of carbonyl (C=O) groups is 1. The van der Waals surface area contributed by atoms with Gasteiger partial charge in [-0.25, -0.2) is 0 Å². The Labute approximate surface area is 137 Å². The van der Waals surface area contributed by atoms with Crippen LogP contribution in [0.1, 0.15) is 58.8 Å². The molecule has 1 radical (unpaired) electrons. The monoisotopic (exact) mass is 316 g/mol. The molecule has 4 nitrogen and oxygen atoms in total. The lowest BCUT2D eigenvalue weighted by molar-refractivity contribution is -0.130. The highest BCUT2D eigenvalue weighted by Crippen LogP contribution is 2.63. The van der Waals surface area contributed by atoms with Crippen LogP contribution in [0.25, 0.3) is 0 Å². The van der Waals surface area contributed by atoms with Gasteiger partial charge < -0.3 is 5.11 Å². The predicted octanol–water partition coefficient (Wildman–Crippen LogP) is 3.28. The van der Waals surface area contributed by atoms with Gasteiger partial charge in [0.05, 0.1) is 11.8 Å². The van der Waals surface area contributed by atoms with Gasteiger partial charge in [0.25, 0.3) is 0 Å². The largest absolute Gasteiger partial charge is 0.393 e. The van der Waals surface area contributed by atoms with E-state index < -0.39 is 0 Å². The third kappa shape index (κ3) is 1.93. The first-order chi connectivity index (χ1) is 10.9. The molecule has 4 aliphatic rings. The molecular weight excluding hydrogens is 290 g/mol. The van der Waals surface area contributed by atoms with Crippen LogP contribution >= 0.6 is 0 Å². The van der Waals surface area contributed by atoms with Crippen molar-refractivity contribution >= 4 is 11.5 Å². The van der Waals surface area contributed by atoms with E-state index in [1.807, 2.05) is 6.08 Å². The second-order valence-corrected chi connectivity index (χ2v) is 8.66. The number of rotatable bonds is 0. The average Bonchev–Trinajstić information content (AvgIpc) is 2.83. The maximum Gasteiger partial charge on any atom is 0.139 e. The number of aliphatic hydroxyl groups excluding tert-OH is 1. The molecule has 0 bridgehead atoms. The first kappa shape index (κ1) is 15.4. The lowest BCUT2D eigenvalue weighted by atomic mass is 9.47. The minimum absolute atomic E-state index is 0.0606. The number of hydrogen-bond acceptors (Lipinski definition) is 3. The molecule has 125 valence electrons. The summed E-state index contributed by atoms with van der Waals surface area (Å²) in [6.45, 7) is 4.42. The van der Waals surface area contributed by atoms with E-state index >= 15 is 0 Å². The standard InChI is InChI=1S/C19H26NO3/c1-18-7-5-12(21)9-11(18)10-15(20-23)17-13-3-4-16(22)19(13,2)8-6-14(17)18/h10,12-14,17,21H,3-9H2,1-2H3/b20-15+/t12-,13?,14?,17?,18-,19-/m0/s1. The Morgan fingerprint density at radius 3 is 2.57 bits per heavy atom. The highest BCUT2D eigenvalue weighted by atomic mass is 16.4. The van der Waals surface area contributed by atoms with Gasteiger partial charge in [0.1, 0.15) is 5.78 Å². The number of nitrogens with zero attached hydrogens (tertiary/aromatic N) is 1. The van der Waals surface area contributed by atoms with E-state index in [1.165, 1.54) is 5.57 Å². The van der Waals surface area contributed by atoms with Crippen molar-refractivity contribution in [3.05, 3.63) is 11.6 Å². The summed E-state index contributed by atoms with van der Waals surface area (Å²) in [5.74, 6) is 1.17. The fourth-order valence-electron chi connectivity index (χ4n) is 6.27. The molecule has 0 heterocycles. The predicted molar refractivity (Wildman–Crippen MR) is 86.2 cm³/mol. The van der Waals surface area contributed by atoms with Crippen molar-refractivity contribution in [3.63, 3.8) is 0 Å². The number of hydrogen-bond donors (Lipinski definition) is 1. The Kier molecular flexibility index (Phi) is 3.29.